The molecule has 5 rings (SSSR count). The molecule has 34 heavy (non-hydrogen) atoms. The highest BCUT2D eigenvalue weighted by Gasteiger charge is 2.53. The first-order valence-electron chi connectivity index (χ1n) is 13.0. The standard InChI is InChI=1S/C31H39NOSi/c1-30(2,3)34(28-15-9-5-10-16-28,29-17-11-6-12-18-29)33-25-27-19-22-32(31(23-27)20-21-31)24-26-13-7-4-8-14-26/h4-18,27H,19-25H2,1-3H3. The summed E-state index contributed by atoms with van der Waals surface area (Å²) in [4.78, 5) is 2.77. The number of hydrogen-bond donors (Lipinski definition) is 0. The molecular weight excluding hydrogens is 430 g/mol. The molecule has 0 N–H and O–H groups in total. The Hall–Kier alpha value is -2.20. The third-order valence-corrected chi connectivity index (χ3v) is 13.1. The Kier molecular flexibility index (Phi) is 6.54. The lowest BCUT2D eigenvalue weighted by atomic mass is 9.89. The van der Waals surface area contributed by atoms with Crippen LogP contribution < -0.4 is 10.4 Å². The van der Waals surface area contributed by atoms with Gasteiger partial charge in [0.15, 0.2) is 0 Å². The van der Waals surface area contributed by atoms with E-state index in [1.807, 2.05) is 0 Å². The fraction of sp³-hybridized carbons (Fsp3) is 0.419. The second kappa shape index (κ2) is 9.45. The summed E-state index contributed by atoms with van der Waals surface area (Å²) >= 11 is 0. The second-order valence-electron chi connectivity index (χ2n) is 11.5. The van der Waals surface area contributed by atoms with E-state index in [-0.39, 0.29) is 5.04 Å². The maximum absolute atomic E-state index is 7.30. The molecule has 2 aliphatic rings. The lowest BCUT2D eigenvalue weighted by Gasteiger charge is -2.45. The van der Waals surface area contributed by atoms with Gasteiger partial charge in [0.05, 0.1) is 0 Å². The maximum Gasteiger partial charge on any atom is 0.261 e. The smallest absolute Gasteiger partial charge is 0.261 e. The highest BCUT2D eigenvalue weighted by molar-refractivity contribution is 6.99. The summed E-state index contributed by atoms with van der Waals surface area (Å²) in [5.41, 5.74) is 1.85. The SMILES string of the molecule is CC(C)(C)[Si](OCC1CCN(Cc2ccccc2)C2(CC2)C1)(c1ccccc1)c1ccccc1. The molecule has 0 bridgehead atoms. The van der Waals surface area contributed by atoms with E-state index in [1.165, 1.54) is 48.2 Å². The van der Waals surface area contributed by atoms with Crippen molar-refractivity contribution in [2.75, 3.05) is 13.2 Å². The molecule has 0 aromatic heterocycles. The molecule has 1 spiro atoms. The van der Waals surface area contributed by atoms with Gasteiger partial charge in [0.2, 0.25) is 0 Å². The summed E-state index contributed by atoms with van der Waals surface area (Å²) in [6.45, 7) is 10.3. The van der Waals surface area contributed by atoms with Gasteiger partial charge in [-0.15, -0.1) is 0 Å². The Balaban J connectivity index is 1.37. The van der Waals surface area contributed by atoms with Crippen molar-refractivity contribution in [3.63, 3.8) is 0 Å². The van der Waals surface area contributed by atoms with Crippen LogP contribution in [0.4, 0.5) is 0 Å². The average Bonchev–Trinajstić information content (AvgIpc) is 3.62. The van der Waals surface area contributed by atoms with Crippen molar-refractivity contribution < 1.29 is 4.43 Å². The second-order valence-corrected chi connectivity index (χ2v) is 15.8. The Morgan fingerprint density at radius 2 is 1.35 bits per heavy atom. The molecule has 3 heteroatoms. The van der Waals surface area contributed by atoms with Crippen molar-refractivity contribution >= 4 is 18.7 Å². The van der Waals surface area contributed by atoms with Gasteiger partial charge in [0.25, 0.3) is 8.32 Å². The highest BCUT2D eigenvalue weighted by atomic mass is 28.4. The third kappa shape index (κ3) is 4.54. The first kappa shape index (κ1) is 23.5. The van der Waals surface area contributed by atoms with Crippen molar-refractivity contribution in [3.8, 4) is 0 Å². The van der Waals surface area contributed by atoms with Gasteiger partial charge in [-0.25, -0.2) is 0 Å². The molecule has 1 unspecified atom stereocenters. The monoisotopic (exact) mass is 469 g/mol. The van der Waals surface area contributed by atoms with Crippen molar-refractivity contribution in [2.24, 2.45) is 5.92 Å². The van der Waals surface area contributed by atoms with Crippen LogP contribution in [0.15, 0.2) is 91.0 Å². The van der Waals surface area contributed by atoms with Crippen LogP contribution in [0, 0.1) is 5.92 Å². The Morgan fingerprint density at radius 1 is 0.824 bits per heavy atom. The summed E-state index contributed by atoms with van der Waals surface area (Å²) in [6, 6.07) is 33.1. The molecule has 3 aromatic carbocycles. The van der Waals surface area contributed by atoms with Crippen LogP contribution in [0.3, 0.4) is 0 Å². The number of nitrogens with zero attached hydrogens (tertiary/aromatic N) is 1. The Bertz CT molecular complexity index is 1020. The van der Waals surface area contributed by atoms with Crippen LogP contribution >= 0.6 is 0 Å². The predicted octanol–water partition coefficient (Wildman–Crippen LogP) is 6.01. The van der Waals surface area contributed by atoms with Gasteiger partial charge in [-0.1, -0.05) is 112 Å². The van der Waals surface area contributed by atoms with E-state index in [1.54, 1.807) is 0 Å². The molecular formula is C31H39NOSi. The van der Waals surface area contributed by atoms with Crippen LogP contribution in [0.5, 0.6) is 0 Å². The zero-order valence-corrected chi connectivity index (χ0v) is 22.0. The van der Waals surface area contributed by atoms with E-state index in [2.05, 4.69) is 117 Å². The Morgan fingerprint density at radius 3 is 1.85 bits per heavy atom. The minimum Gasteiger partial charge on any atom is -0.407 e. The van der Waals surface area contributed by atoms with Gasteiger partial charge in [0.1, 0.15) is 0 Å². The summed E-state index contributed by atoms with van der Waals surface area (Å²) in [5.74, 6) is 0.635. The molecule has 0 radical (unpaired) electrons. The largest absolute Gasteiger partial charge is 0.407 e. The zero-order valence-electron chi connectivity index (χ0n) is 21.0. The van der Waals surface area contributed by atoms with Crippen LogP contribution in [0.1, 0.15) is 52.0 Å². The number of rotatable bonds is 7. The molecule has 178 valence electrons. The summed E-state index contributed by atoms with van der Waals surface area (Å²) in [5, 5.41) is 2.81. The Labute approximate surface area is 207 Å². The van der Waals surface area contributed by atoms with Gasteiger partial charge < -0.3 is 4.43 Å². The number of likely N-dealkylation sites (tertiary alicyclic amines) is 1. The van der Waals surface area contributed by atoms with E-state index in [0.29, 0.717) is 11.5 Å². The first-order valence-corrected chi connectivity index (χ1v) is 14.9. The topological polar surface area (TPSA) is 12.5 Å². The molecule has 3 aromatic rings. The third-order valence-electron chi connectivity index (χ3n) is 8.14. The summed E-state index contributed by atoms with van der Waals surface area (Å²) in [6.07, 6.45) is 5.19. The lowest BCUT2D eigenvalue weighted by molar-refractivity contribution is 0.0637. The summed E-state index contributed by atoms with van der Waals surface area (Å²) < 4.78 is 7.30. The van der Waals surface area contributed by atoms with E-state index in [4.69, 9.17) is 4.43 Å². The minimum absolute atomic E-state index is 0.0426. The maximum atomic E-state index is 7.30. The van der Waals surface area contributed by atoms with Gasteiger partial charge in [0, 0.05) is 18.7 Å². The number of hydrogen-bond acceptors (Lipinski definition) is 2. The van der Waals surface area contributed by atoms with Crippen LogP contribution in [-0.2, 0) is 11.0 Å². The molecule has 1 saturated carbocycles. The highest BCUT2D eigenvalue weighted by Crippen LogP contribution is 2.51. The molecule has 2 nitrogen and oxygen atoms in total. The number of piperidine rings is 1. The van der Waals surface area contributed by atoms with E-state index >= 15 is 0 Å². The molecule has 1 aliphatic carbocycles. The van der Waals surface area contributed by atoms with Crippen molar-refractivity contribution in [3.05, 3.63) is 96.6 Å². The van der Waals surface area contributed by atoms with Crippen LogP contribution in [0.25, 0.3) is 0 Å². The molecule has 1 saturated heterocycles. The lowest BCUT2D eigenvalue weighted by Crippen LogP contribution is -2.67. The molecule has 1 heterocycles. The van der Waals surface area contributed by atoms with Gasteiger partial charge >= 0.3 is 0 Å². The fourth-order valence-electron chi connectivity index (χ4n) is 6.21. The van der Waals surface area contributed by atoms with Gasteiger partial charge in [-0.05, 0) is 59.1 Å². The van der Waals surface area contributed by atoms with Crippen molar-refractivity contribution in [2.45, 2.75) is 63.6 Å². The fourth-order valence-corrected chi connectivity index (χ4v) is 10.8. The predicted molar refractivity (Wildman–Crippen MR) is 145 cm³/mol. The van der Waals surface area contributed by atoms with Gasteiger partial charge in [-0.3, -0.25) is 4.90 Å². The normalized spacial score (nSPS) is 20.4. The van der Waals surface area contributed by atoms with E-state index < -0.39 is 8.32 Å². The summed E-state index contributed by atoms with van der Waals surface area (Å²) in [7, 11) is -2.45. The van der Waals surface area contributed by atoms with Crippen LogP contribution in [0.2, 0.25) is 5.04 Å². The van der Waals surface area contributed by atoms with Crippen LogP contribution in [-0.4, -0.2) is 31.9 Å². The number of benzene rings is 3. The van der Waals surface area contributed by atoms with E-state index in [9.17, 15) is 0 Å². The molecule has 1 aliphatic heterocycles. The first-order chi connectivity index (χ1) is 16.4. The molecule has 2 fully saturated rings. The van der Waals surface area contributed by atoms with Crippen molar-refractivity contribution in [1.82, 2.24) is 4.90 Å². The van der Waals surface area contributed by atoms with E-state index in [0.717, 1.165) is 13.2 Å². The molecule has 1 atom stereocenters. The average molecular weight is 470 g/mol. The molecule has 0 amide bonds. The minimum atomic E-state index is -2.45. The van der Waals surface area contributed by atoms with Crippen molar-refractivity contribution in [1.29, 1.82) is 0 Å². The quantitative estimate of drug-likeness (QED) is 0.393. The zero-order chi connectivity index (χ0) is 23.7. The van der Waals surface area contributed by atoms with Gasteiger partial charge in [-0.2, -0.15) is 0 Å².